The van der Waals surface area contributed by atoms with E-state index in [1.54, 1.807) is 18.2 Å². The van der Waals surface area contributed by atoms with Crippen LogP contribution in [-0.2, 0) is 21.2 Å². The van der Waals surface area contributed by atoms with Gasteiger partial charge < -0.3 is 10.4 Å². The lowest BCUT2D eigenvalue weighted by atomic mass is 9.96. The Morgan fingerprint density at radius 1 is 1.20 bits per heavy atom. The Morgan fingerprint density at radius 3 is 2.48 bits per heavy atom. The number of carboxylic acids is 1. The molecule has 1 saturated carbocycles. The summed E-state index contributed by atoms with van der Waals surface area (Å²) in [5, 5.41) is 12.2. The number of hydrogen-bond donors (Lipinski definition) is 2. The van der Waals surface area contributed by atoms with Crippen molar-refractivity contribution >= 4 is 27.6 Å². The molecule has 136 valence electrons. The molecule has 8 heteroatoms. The van der Waals surface area contributed by atoms with Crippen molar-refractivity contribution in [2.45, 2.75) is 44.1 Å². The highest BCUT2D eigenvalue weighted by Gasteiger charge is 2.42. The monoisotopic (exact) mass is 366 g/mol. The summed E-state index contributed by atoms with van der Waals surface area (Å²) in [4.78, 5) is 24.2. The number of amides is 1. The molecule has 3 rings (SSSR count). The fourth-order valence-corrected chi connectivity index (χ4v) is 4.70. The SMILES string of the molecule is CS(=O)(=O)N1CCCc2cc(C(=O)NC3(C(=O)O)CCCC3)ccc21. The molecule has 0 unspecified atom stereocenters. The largest absolute Gasteiger partial charge is 0.480 e. The second-order valence-corrected chi connectivity index (χ2v) is 8.74. The second kappa shape index (κ2) is 6.33. The Hall–Kier alpha value is -2.09. The summed E-state index contributed by atoms with van der Waals surface area (Å²) in [5.74, 6) is -1.43. The Bertz CT molecular complexity index is 812. The fourth-order valence-electron chi connectivity index (χ4n) is 3.71. The third-order valence-corrected chi connectivity index (χ3v) is 6.22. The second-order valence-electron chi connectivity index (χ2n) is 6.83. The van der Waals surface area contributed by atoms with Crippen molar-refractivity contribution in [3.63, 3.8) is 0 Å². The van der Waals surface area contributed by atoms with Gasteiger partial charge in [0.2, 0.25) is 10.0 Å². The number of nitrogens with zero attached hydrogens (tertiary/aromatic N) is 1. The zero-order valence-corrected chi connectivity index (χ0v) is 14.9. The van der Waals surface area contributed by atoms with Crippen LogP contribution >= 0.6 is 0 Å². The van der Waals surface area contributed by atoms with Gasteiger partial charge in [-0.3, -0.25) is 9.10 Å². The summed E-state index contributed by atoms with van der Waals surface area (Å²) in [6, 6.07) is 4.86. The topological polar surface area (TPSA) is 104 Å². The van der Waals surface area contributed by atoms with Gasteiger partial charge in [-0.05, 0) is 49.4 Å². The number of aliphatic carboxylic acids is 1. The number of fused-ring (bicyclic) bond motifs is 1. The maximum absolute atomic E-state index is 12.6. The lowest BCUT2D eigenvalue weighted by molar-refractivity contribution is -0.144. The van der Waals surface area contributed by atoms with Crippen LogP contribution in [0.1, 0.15) is 48.0 Å². The normalized spacial score (nSPS) is 19.3. The minimum Gasteiger partial charge on any atom is -0.480 e. The van der Waals surface area contributed by atoms with E-state index in [1.807, 2.05) is 0 Å². The third-order valence-electron chi connectivity index (χ3n) is 5.04. The third kappa shape index (κ3) is 3.35. The number of sulfonamides is 1. The van der Waals surface area contributed by atoms with Crippen LogP contribution < -0.4 is 9.62 Å². The number of nitrogens with one attached hydrogen (secondary N) is 1. The molecule has 1 aromatic carbocycles. The maximum Gasteiger partial charge on any atom is 0.329 e. The Morgan fingerprint density at radius 2 is 1.88 bits per heavy atom. The average Bonchev–Trinajstić information content (AvgIpc) is 3.02. The van der Waals surface area contributed by atoms with Crippen molar-refractivity contribution in [3.8, 4) is 0 Å². The molecular weight excluding hydrogens is 344 g/mol. The Labute approximate surface area is 147 Å². The highest BCUT2D eigenvalue weighted by Crippen LogP contribution is 2.32. The number of anilines is 1. The molecule has 0 saturated heterocycles. The quantitative estimate of drug-likeness (QED) is 0.841. The molecule has 0 spiro atoms. The van der Waals surface area contributed by atoms with Gasteiger partial charge >= 0.3 is 5.97 Å². The van der Waals surface area contributed by atoms with Crippen molar-refractivity contribution in [1.82, 2.24) is 5.32 Å². The zero-order valence-electron chi connectivity index (χ0n) is 14.1. The number of carbonyl (C=O) groups excluding carboxylic acids is 1. The first-order chi connectivity index (χ1) is 11.7. The molecule has 1 aromatic rings. The molecule has 7 nitrogen and oxygen atoms in total. The van der Waals surface area contributed by atoms with Crippen molar-refractivity contribution < 1.29 is 23.1 Å². The number of rotatable bonds is 4. The summed E-state index contributed by atoms with van der Waals surface area (Å²) in [7, 11) is -3.36. The van der Waals surface area contributed by atoms with Crippen LogP contribution in [0.5, 0.6) is 0 Å². The zero-order chi connectivity index (χ0) is 18.2. The predicted molar refractivity (Wildman–Crippen MR) is 93.3 cm³/mol. The van der Waals surface area contributed by atoms with Gasteiger partial charge in [0.15, 0.2) is 0 Å². The molecule has 25 heavy (non-hydrogen) atoms. The van der Waals surface area contributed by atoms with E-state index in [-0.39, 0.29) is 0 Å². The highest BCUT2D eigenvalue weighted by molar-refractivity contribution is 7.92. The van der Waals surface area contributed by atoms with Gasteiger partial charge in [0.1, 0.15) is 5.54 Å². The number of carboxylic acid groups (broad SMARTS) is 1. The molecular formula is C17H22N2O5S. The first-order valence-corrected chi connectivity index (χ1v) is 10.2. The van der Waals surface area contributed by atoms with E-state index in [0.29, 0.717) is 43.5 Å². The Kier molecular flexibility index (Phi) is 4.49. The standard InChI is InChI=1S/C17H22N2O5S/c1-25(23,24)19-10-4-5-12-11-13(6-7-14(12)19)15(20)18-17(16(21)22)8-2-3-9-17/h6-7,11H,2-5,8-10H2,1H3,(H,18,20)(H,21,22). The van der Waals surface area contributed by atoms with Crippen molar-refractivity contribution in [2.24, 2.45) is 0 Å². The van der Waals surface area contributed by atoms with Crippen LogP contribution in [0, 0.1) is 0 Å². The minimum atomic E-state index is -3.36. The number of hydrogen-bond acceptors (Lipinski definition) is 4. The molecule has 2 aliphatic rings. The van der Waals surface area contributed by atoms with Crippen LogP contribution in [0.15, 0.2) is 18.2 Å². The summed E-state index contributed by atoms with van der Waals surface area (Å²) in [6.07, 6.45) is 4.96. The molecule has 1 aliphatic heterocycles. The summed E-state index contributed by atoms with van der Waals surface area (Å²) >= 11 is 0. The lowest BCUT2D eigenvalue weighted by Gasteiger charge is -2.30. The molecule has 0 radical (unpaired) electrons. The van der Waals surface area contributed by atoms with Gasteiger partial charge in [0.05, 0.1) is 11.9 Å². The van der Waals surface area contributed by atoms with E-state index in [1.165, 1.54) is 10.6 Å². The molecule has 0 atom stereocenters. The molecule has 1 heterocycles. The van der Waals surface area contributed by atoms with Gasteiger partial charge in [-0.15, -0.1) is 0 Å². The van der Waals surface area contributed by atoms with Crippen LogP contribution in [0.3, 0.4) is 0 Å². The van der Waals surface area contributed by atoms with Crippen molar-refractivity contribution in [2.75, 3.05) is 17.1 Å². The number of carbonyl (C=O) groups is 2. The fraction of sp³-hybridized carbons (Fsp3) is 0.529. The van der Waals surface area contributed by atoms with E-state index in [2.05, 4.69) is 5.32 Å². The van der Waals surface area contributed by atoms with Gasteiger partial charge in [-0.2, -0.15) is 0 Å². The molecule has 1 fully saturated rings. The summed E-state index contributed by atoms with van der Waals surface area (Å²) < 4.78 is 25.1. The van der Waals surface area contributed by atoms with Gasteiger partial charge in [-0.1, -0.05) is 12.8 Å². The number of aryl methyl sites for hydroxylation is 1. The van der Waals surface area contributed by atoms with Crippen LogP contribution in [0.2, 0.25) is 0 Å². The smallest absolute Gasteiger partial charge is 0.329 e. The van der Waals surface area contributed by atoms with Crippen molar-refractivity contribution in [3.05, 3.63) is 29.3 Å². The first kappa shape index (κ1) is 17.7. The molecule has 1 aliphatic carbocycles. The van der Waals surface area contributed by atoms with E-state index in [0.717, 1.165) is 18.4 Å². The van der Waals surface area contributed by atoms with Crippen LogP contribution in [0.25, 0.3) is 0 Å². The van der Waals surface area contributed by atoms with Crippen LogP contribution in [-0.4, -0.2) is 43.7 Å². The molecule has 1 amide bonds. The Balaban J connectivity index is 1.87. The predicted octanol–water partition coefficient (Wildman–Crippen LogP) is 1.53. The molecule has 0 bridgehead atoms. The molecule has 2 N–H and O–H groups in total. The first-order valence-electron chi connectivity index (χ1n) is 8.39. The van der Waals surface area contributed by atoms with E-state index >= 15 is 0 Å². The van der Waals surface area contributed by atoms with E-state index in [9.17, 15) is 23.1 Å². The average molecular weight is 366 g/mol. The van der Waals surface area contributed by atoms with Crippen molar-refractivity contribution in [1.29, 1.82) is 0 Å². The maximum atomic E-state index is 12.6. The van der Waals surface area contributed by atoms with Gasteiger partial charge in [0, 0.05) is 12.1 Å². The van der Waals surface area contributed by atoms with Gasteiger partial charge in [0.25, 0.3) is 5.91 Å². The van der Waals surface area contributed by atoms with E-state index < -0.39 is 27.4 Å². The number of benzene rings is 1. The van der Waals surface area contributed by atoms with E-state index in [4.69, 9.17) is 0 Å². The summed E-state index contributed by atoms with van der Waals surface area (Å²) in [5.41, 5.74) is 0.562. The summed E-state index contributed by atoms with van der Waals surface area (Å²) in [6.45, 7) is 0.430. The van der Waals surface area contributed by atoms with Crippen LogP contribution in [0.4, 0.5) is 5.69 Å². The molecule has 0 aromatic heterocycles. The minimum absolute atomic E-state index is 0.363. The highest BCUT2D eigenvalue weighted by atomic mass is 32.2. The lowest BCUT2D eigenvalue weighted by Crippen LogP contribution is -2.52. The van der Waals surface area contributed by atoms with Gasteiger partial charge in [-0.25, -0.2) is 13.2 Å².